The maximum atomic E-state index is 11.7. The van der Waals surface area contributed by atoms with Gasteiger partial charge in [0.05, 0.1) is 17.2 Å². The van der Waals surface area contributed by atoms with Gasteiger partial charge in [-0.1, -0.05) is 49.5 Å². The molecule has 7 nitrogen and oxygen atoms in total. The van der Waals surface area contributed by atoms with Crippen LogP contribution in [0.25, 0.3) is 0 Å². The van der Waals surface area contributed by atoms with Gasteiger partial charge in [0.25, 0.3) is 0 Å². The molecule has 0 radical (unpaired) electrons. The zero-order valence-electron chi connectivity index (χ0n) is 14.1. The molecule has 0 bridgehead atoms. The Morgan fingerprint density at radius 1 is 1.16 bits per heavy atom. The Morgan fingerprint density at radius 3 is 2.12 bits per heavy atom. The Kier molecular flexibility index (Phi) is 10.8. The molecule has 25 heavy (non-hydrogen) atoms. The number of ether oxygens (including phenoxy) is 1. The highest BCUT2D eigenvalue weighted by molar-refractivity contribution is 6.42. The van der Waals surface area contributed by atoms with Gasteiger partial charge in [0.15, 0.2) is 0 Å². The number of carboxylic acids is 2. The molecule has 0 aliphatic rings. The molecule has 1 rings (SSSR count). The van der Waals surface area contributed by atoms with Gasteiger partial charge in [-0.15, -0.1) is 0 Å². The molecular formula is C16H21Cl2NO6. The minimum Gasteiger partial charge on any atom is -0.473 e. The number of halogens is 2. The first kappa shape index (κ1) is 23.2. The molecule has 0 saturated heterocycles. The Hall–Kier alpha value is -1.83. The summed E-state index contributed by atoms with van der Waals surface area (Å²) < 4.78 is 4.82. The largest absolute Gasteiger partial charge is 0.473 e. The third kappa shape index (κ3) is 8.72. The molecule has 0 spiro atoms. The molecule has 0 saturated carbocycles. The van der Waals surface area contributed by atoms with Crippen LogP contribution in [0.4, 0.5) is 0 Å². The molecule has 1 aromatic carbocycles. The first-order valence-electron chi connectivity index (χ1n) is 7.35. The highest BCUT2D eigenvalue weighted by atomic mass is 35.5. The minimum atomic E-state index is -1.82. The molecule has 0 fully saturated rings. The maximum Gasteiger partial charge on any atom is 0.414 e. The van der Waals surface area contributed by atoms with Crippen LogP contribution in [0.3, 0.4) is 0 Å². The number of methoxy groups -OCH3 is 1. The van der Waals surface area contributed by atoms with Crippen molar-refractivity contribution in [1.29, 1.82) is 0 Å². The van der Waals surface area contributed by atoms with Crippen molar-refractivity contribution in [3.63, 3.8) is 0 Å². The molecule has 2 atom stereocenters. The lowest BCUT2D eigenvalue weighted by molar-refractivity contribution is -0.159. The van der Waals surface area contributed by atoms with Gasteiger partial charge in [-0.25, -0.2) is 9.59 Å². The summed E-state index contributed by atoms with van der Waals surface area (Å²) in [4.78, 5) is 29.9. The summed E-state index contributed by atoms with van der Waals surface area (Å²) in [6.45, 7) is 4.60. The fourth-order valence-electron chi connectivity index (χ4n) is 1.76. The van der Waals surface area contributed by atoms with Gasteiger partial charge in [0.1, 0.15) is 6.04 Å². The van der Waals surface area contributed by atoms with Crippen LogP contribution >= 0.6 is 23.2 Å². The molecule has 1 aromatic rings. The zero-order chi connectivity index (χ0) is 19.6. The second-order valence-corrected chi connectivity index (χ2v) is 5.94. The van der Waals surface area contributed by atoms with Gasteiger partial charge in [-0.2, -0.15) is 0 Å². The number of aliphatic carboxylic acids is 2. The molecule has 0 aliphatic carbocycles. The number of rotatable bonds is 6. The second kappa shape index (κ2) is 11.7. The molecule has 0 aromatic heterocycles. The summed E-state index contributed by atoms with van der Waals surface area (Å²) >= 11 is 11.8. The lowest BCUT2D eigenvalue weighted by atomic mass is 9.99. The van der Waals surface area contributed by atoms with Gasteiger partial charge in [-0.3, -0.25) is 4.79 Å². The molecular weight excluding hydrogens is 373 g/mol. The number of carboxylic acid groups (broad SMARTS) is 2. The van der Waals surface area contributed by atoms with E-state index in [1.807, 2.05) is 19.9 Å². The highest BCUT2D eigenvalue weighted by Crippen LogP contribution is 2.22. The van der Waals surface area contributed by atoms with E-state index in [1.165, 1.54) is 7.11 Å². The van der Waals surface area contributed by atoms with Crippen LogP contribution in [-0.4, -0.2) is 41.3 Å². The second-order valence-electron chi connectivity index (χ2n) is 5.13. The predicted octanol–water partition coefficient (Wildman–Crippen LogP) is 2.83. The topological polar surface area (TPSA) is 113 Å². The van der Waals surface area contributed by atoms with Gasteiger partial charge in [0.2, 0.25) is 0 Å². The zero-order valence-corrected chi connectivity index (χ0v) is 15.6. The smallest absolute Gasteiger partial charge is 0.414 e. The average Bonchev–Trinajstić information content (AvgIpc) is 2.57. The number of benzene rings is 1. The van der Waals surface area contributed by atoms with E-state index in [4.69, 9.17) is 47.7 Å². The molecule has 3 N–H and O–H groups in total. The van der Waals surface area contributed by atoms with Crippen LogP contribution in [0, 0.1) is 5.92 Å². The van der Waals surface area contributed by atoms with Crippen LogP contribution in [0.2, 0.25) is 10.0 Å². The van der Waals surface area contributed by atoms with Crippen LogP contribution < -0.4 is 5.32 Å². The van der Waals surface area contributed by atoms with Crippen molar-refractivity contribution in [2.75, 3.05) is 7.11 Å². The van der Waals surface area contributed by atoms with E-state index >= 15 is 0 Å². The Bertz CT molecular complexity index is 596. The van der Waals surface area contributed by atoms with Crippen molar-refractivity contribution in [1.82, 2.24) is 5.32 Å². The van der Waals surface area contributed by atoms with Crippen LogP contribution in [0.1, 0.15) is 25.8 Å². The number of hydrogen-bond acceptors (Lipinski definition) is 5. The third-order valence-electron chi connectivity index (χ3n) is 3.36. The lowest BCUT2D eigenvalue weighted by Crippen LogP contribution is -2.42. The number of nitrogens with one attached hydrogen (secondary N) is 1. The fraction of sp³-hybridized carbons (Fsp3) is 0.438. The Balaban J connectivity index is 0.000000823. The minimum absolute atomic E-state index is 0.204. The molecule has 0 amide bonds. The Morgan fingerprint density at radius 2 is 1.72 bits per heavy atom. The number of esters is 1. The predicted molar refractivity (Wildman–Crippen MR) is 93.8 cm³/mol. The van der Waals surface area contributed by atoms with E-state index < -0.39 is 11.9 Å². The van der Waals surface area contributed by atoms with Crippen LogP contribution in [0.15, 0.2) is 18.2 Å². The van der Waals surface area contributed by atoms with Gasteiger partial charge in [0, 0.05) is 6.54 Å². The number of carbonyl (C=O) groups excluding carboxylic acids is 1. The maximum absolute atomic E-state index is 11.7. The van der Waals surface area contributed by atoms with Crippen LogP contribution in [-0.2, 0) is 25.7 Å². The molecule has 140 valence electrons. The molecule has 0 aliphatic heterocycles. The fourth-order valence-corrected chi connectivity index (χ4v) is 2.08. The van der Waals surface area contributed by atoms with Crippen molar-refractivity contribution in [3.8, 4) is 0 Å². The SMILES string of the molecule is CCC(C)C(NCc1ccc(Cl)c(Cl)c1)C(=O)OC.O=C(O)C(=O)O. The molecule has 0 heterocycles. The van der Waals surface area contributed by atoms with E-state index in [9.17, 15) is 4.79 Å². The third-order valence-corrected chi connectivity index (χ3v) is 4.10. The van der Waals surface area contributed by atoms with Crippen molar-refractivity contribution >= 4 is 41.1 Å². The molecule has 2 unspecified atom stereocenters. The average molecular weight is 394 g/mol. The van der Waals surface area contributed by atoms with Crippen molar-refractivity contribution in [2.24, 2.45) is 5.92 Å². The van der Waals surface area contributed by atoms with E-state index in [0.29, 0.717) is 16.6 Å². The van der Waals surface area contributed by atoms with Gasteiger partial charge < -0.3 is 20.3 Å². The van der Waals surface area contributed by atoms with E-state index in [0.717, 1.165) is 12.0 Å². The van der Waals surface area contributed by atoms with E-state index in [-0.39, 0.29) is 17.9 Å². The molecule has 9 heteroatoms. The monoisotopic (exact) mass is 393 g/mol. The standard InChI is InChI=1S/C14H19Cl2NO2.C2H2O4/c1-4-9(2)13(14(18)19-3)17-8-10-5-6-11(15)12(16)7-10;3-1(4)2(5)6/h5-7,9,13,17H,4,8H2,1-3H3;(H,3,4)(H,5,6). The first-order chi connectivity index (χ1) is 11.6. The quantitative estimate of drug-likeness (QED) is 0.502. The van der Waals surface area contributed by atoms with Gasteiger partial charge >= 0.3 is 17.9 Å². The highest BCUT2D eigenvalue weighted by Gasteiger charge is 2.24. The lowest BCUT2D eigenvalue weighted by Gasteiger charge is -2.22. The van der Waals surface area contributed by atoms with E-state index in [1.54, 1.807) is 12.1 Å². The van der Waals surface area contributed by atoms with E-state index in [2.05, 4.69) is 5.32 Å². The first-order valence-corrected chi connectivity index (χ1v) is 8.10. The van der Waals surface area contributed by atoms with Crippen molar-refractivity contribution in [3.05, 3.63) is 33.8 Å². The summed E-state index contributed by atoms with van der Waals surface area (Å²) in [6, 6.07) is 5.11. The van der Waals surface area contributed by atoms with Crippen LogP contribution in [0.5, 0.6) is 0 Å². The van der Waals surface area contributed by atoms with Gasteiger partial charge in [-0.05, 0) is 23.6 Å². The van der Waals surface area contributed by atoms with Crippen molar-refractivity contribution < 1.29 is 29.3 Å². The summed E-state index contributed by atoms with van der Waals surface area (Å²) in [5.74, 6) is -3.69. The summed E-state index contributed by atoms with van der Waals surface area (Å²) in [6.07, 6.45) is 0.897. The number of carbonyl (C=O) groups is 3. The summed E-state index contributed by atoms with van der Waals surface area (Å²) in [5, 5.41) is 19.0. The summed E-state index contributed by atoms with van der Waals surface area (Å²) in [5.41, 5.74) is 0.978. The normalized spacial score (nSPS) is 12.4. The Labute approximate surface area is 155 Å². The van der Waals surface area contributed by atoms with Crippen molar-refractivity contribution in [2.45, 2.75) is 32.9 Å². The summed E-state index contributed by atoms with van der Waals surface area (Å²) in [7, 11) is 1.40. The number of hydrogen-bond donors (Lipinski definition) is 3.